The number of nitrogens with zero attached hydrogens (tertiary/aromatic N) is 3. The lowest BCUT2D eigenvalue weighted by Crippen LogP contribution is -2.01. The first-order valence-electron chi connectivity index (χ1n) is 9.78. The average molecular weight is 395 g/mol. The molecule has 1 heterocycles. The highest BCUT2D eigenvalue weighted by Crippen LogP contribution is 2.19. The minimum absolute atomic E-state index is 0.449. The van der Waals surface area contributed by atoms with E-state index in [-0.39, 0.29) is 0 Å². The maximum absolute atomic E-state index is 5.98. The van der Waals surface area contributed by atoms with Crippen molar-refractivity contribution in [3.8, 4) is 17.1 Å². The molecule has 1 N–H and O–H groups in total. The number of benzene rings is 2. The van der Waals surface area contributed by atoms with Gasteiger partial charge in [-0.25, -0.2) is 5.10 Å². The highest BCUT2D eigenvalue weighted by molar-refractivity contribution is 7.71. The average Bonchev–Trinajstić information content (AvgIpc) is 3.11. The third-order valence-corrected chi connectivity index (χ3v) is 4.68. The zero-order chi connectivity index (χ0) is 19.6. The molecule has 0 saturated heterocycles. The van der Waals surface area contributed by atoms with Crippen LogP contribution in [0.1, 0.15) is 44.6 Å². The predicted molar refractivity (Wildman–Crippen MR) is 117 cm³/mol. The van der Waals surface area contributed by atoms with Crippen LogP contribution in [0.3, 0.4) is 0 Å². The van der Waals surface area contributed by atoms with Crippen molar-refractivity contribution < 1.29 is 4.74 Å². The number of ether oxygens (including phenoxy) is 1. The van der Waals surface area contributed by atoms with Crippen LogP contribution in [0.15, 0.2) is 59.7 Å². The molecule has 0 aliphatic heterocycles. The van der Waals surface area contributed by atoms with Crippen LogP contribution in [0, 0.1) is 4.77 Å². The Balaban J connectivity index is 1.72. The van der Waals surface area contributed by atoms with Crippen molar-refractivity contribution >= 4 is 18.4 Å². The molecule has 0 aliphatic rings. The molecule has 0 atom stereocenters. The van der Waals surface area contributed by atoms with Gasteiger partial charge in [-0.3, -0.25) is 0 Å². The van der Waals surface area contributed by atoms with E-state index in [1.165, 1.54) is 25.7 Å². The third-order valence-electron chi connectivity index (χ3n) is 4.42. The van der Waals surface area contributed by atoms with E-state index in [1.807, 2.05) is 54.6 Å². The molecule has 28 heavy (non-hydrogen) atoms. The van der Waals surface area contributed by atoms with Crippen molar-refractivity contribution in [3.05, 3.63) is 64.9 Å². The lowest BCUT2D eigenvalue weighted by Gasteiger charge is -2.09. The van der Waals surface area contributed by atoms with E-state index in [1.54, 1.807) is 10.9 Å². The molecule has 6 heteroatoms. The first-order chi connectivity index (χ1) is 13.8. The minimum Gasteiger partial charge on any atom is -0.493 e. The highest BCUT2D eigenvalue weighted by atomic mass is 32.1. The summed E-state index contributed by atoms with van der Waals surface area (Å²) in [5.41, 5.74) is 1.86. The molecule has 0 unspecified atom stereocenters. The number of para-hydroxylation sites is 1. The molecule has 0 spiro atoms. The molecule has 3 aromatic rings. The number of rotatable bonds is 10. The van der Waals surface area contributed by atoms with Gasteiger partial charge >= 0.3 is 0 Å². The van der Waals surface area contributed by atoms with Gasteiger partial charge in [0.15, 0.2) is 5.82 Å². The molecule has 0 radical (unpaired) electrons. The van der Waals surface area contributed by atoms with Gasteiger partial charge in [0.2, 0.25) is 4.77 Å². The zero-order valence-electron chi connectivity index (χ0n) is 16.2. The highest BCUT2D eigenvalue weighted by Gasteiger charge is 2.08. The second-order valence-electron chi connectivity index (χ2n) is 6.58. The number of aromatic nitrogens is 3. The van der Waals surface area contributed by atoms with Crippen LogP contribution in [-0.4, -0.2) is 27.7 Å². The van der Waals surface area contributed by atoms with Crippen molar-refractivity contribution in [2.45, 2.75) is 39.0 Å². The zero-order valence-corrected chi connectivity index (χ0v) is 17.0. The molecule has 0 fully saturated rings. The molecule has 0 amide bonds. The molecule has 2 aromatic carbocycles. The number of unbranched alkanes of at least 4 members (excludes halogenated alkanes) is 4. The number of nitrogens with one attached hydrogen (secondary N) is 1. The fourth-order valence-electron chi connectivity index (χ4n) is 2.90. The van der Waals surface area contributed by atoms with E-state index in [4.69, 9.17) is 17.0 Å². The Morgan fingerprint density at radius 2 is 1.79 bits per heavy atom. The number of hydrogen-bond acceptors (Lipinski definition) is 4. The Bertz CT molecular complexity index is 946. The summed E-state index contributed by atoms with van der Waals surface area (Å²) in [5, 5.41) is 11.7. The van der Waals surface area contributed by atoms with E-state index in [0.717, 1.165) is 29.9 Å². The monoisotopic (exact) mass is 394 g/mol. The van der Waals surface area contributed by atoms with Gasteiger partial charge in [0.25, 0.3) is 0 Å². The predicted octanol–water partition coefficient (Wildman–Crippen LogP) is 5.84. The van der Waals surface area contributed by atoms with Crippen molar-refractivity contribution in [1.29, 1.82) is 0 Å². The molecule has 0 saturated carbocycles. The fraction of sp³-hybridized carbons (Fsp3) is 0.318. The van der Waals surface area contributed by atoms with Crippen LogP contribution >= 0.6 is 12.2 Å². The second-order valence-corrected chi connectivity index (χ2v) is 6.96. The summed E-state index contributed by atoms with van der Waals surface area (Å²) in [5.74, 6) is 1.51. The lowest BCUT2D eigenvalue weighted by atomic mass is 10.2. The van der Waals surface area contributed by atoms with Crippen molar-refractivity contribution in [2.24, 2.45) is 5.10 Å². The summed E-state index contributed by atoms with van der Waals surface area (Å²) in [6.07, 6.45) is 7.85. The molecule has 3 rings (SSSR count). The van der Waals surface area contributed by atoms with E-state index in [9.17, 15) is 0 Å². The van der Waals surface area contributed by atoms with Gasteiger partial charge in [0.1, 0.15) is 5.75 Å². The normalized spacial score (nSPS) is 11.2. The van der Waals surface area contributed by atoms with E-state index >= 15 is 0 Å². The summed E-state index contributed by atoms with van der Waals surface area (Å²) < 4.78 is 8.06. The summed E-state index contributed by atoms with van der Waals surface area (Å²) >= 11 is 5.34. The van der Waals surface area contributed by atoms with Gasteiger partial charge in [-0.2, -0.15) is 14.9 Å². The van der Waals surface area contributed by atoms with Gasteiger partial charge in [-0.1, -0.05) is 75.1 Å². The molecular formula is C22H26N4OS. The van der Waals surface area contributed by atoms with Crippen LogP contribution < -0.4 is 4.74 Å². The van der Waals surface area contributed by atoms with Gasteiger partial charge < -0.3 is 4.74 Å². The SMILES string of the molecule is CCCCCCCOc1ccccc1/C=N\n1c(-c2ccccc2)n[nH]c1=S. The molecule has 0 bridgehead atoms. The van der Waals surface area contributed by atoms with Gasteiger partial charge in [-0.05, 0) is 30.8 Å². The standard InChI is InChI=1S/C22H26N4OS/c1-2-3-4-5-11-16-27-20-15-10-9-14-19(20)17-23-26-21(24-25-22(26)28)18-12-7-6-8-13-18/h6-10,12-15,17H,2-5,11,16H2,1H3,(H,25,28)/b23-17-. The van der Waals surface area contributed by atoms with Crippen molar-refractivity contribution in [1.82, 2.24) is 14.9 Å². The lowest BCUT2D eigenvalue weighted by molar-refractivity contribution is 0.304. The molecular weight excluding hydrogens is 368 g/mol. The molecule has 1 aromatic heterocycles. The van der Waals surface area contributed by atoms with Crippen LogP contribution in [-0.2, 0) is 0 Å². The Hall–Kier alpha value is -2.73. The number of hydrogen-bond donors (Lipinski definition) is 1. The smallest absolute Gasteiger partial charge is 0.216 e. The van der Waals surface area contributed by atoms with Crippen LogP contribution in [0.2, 0.25) is 0 Å². The summed E-state index contributed by atoms with van der Waals surface area (Å²) in [7, 11) is 0. The Kier molecular flexibility index (Phi) is 7.55. The van der Waals surface area contributed by atoms with Gasteiger partial charge in [0, 0.05) is 11.1 Å². The van der Waals surface area contributed by atoms with Crippen molar-refractivity contribution in [3.63, 3.8) is 0 Å². The van der Waals surface area contributed by atoms with Crippen molar-refractivity contribution in [2.75, 3.05) is 6.61 Å². The van der Waals surface area contributed by atoms with E-state index in [0.29, 0.717) is 10.6 Å². The van der Waals surface area contributed by atoms with Crippen LogP contribution in [0.4, 0.5) is 0 Å². The Morgan fingerprint density at radius 3 is 2.61 bits per heavy atom. The first kappa shape index (κ1) is 20.0. The second kappa shape index (κ2) is 10.6. The number of H-pyrrole nitrogens is 1. The first-order valence-corrected chi connectivity index (χ1v) is 10.2. The van der Waals surface area contributed by atoms with Crippen LogP contribution in [0.25, 0.3) is 11.4 Å². The number of aromatic amines is 1. The quantitative estimate of drug-likeness (QED) is 0.267. The maximum atomic E-state index is 5.98. The summed E-state index contributed by atoms with van der Waals surface area (Å²) in [4.78, 5) is 0. The van der Waals surface area contributed by atoms with Crippen LogP contribution in [0.5, 0.6) is 5.75 Å². The molecule has 146 valence electrons. The maximum Gasteiger partial charge on any atom is 0.216 e. The summed E-state index contributed by atoms with van der Waals surface area (Å²) in [6, 6.07) is 17.8. The fourth-order valence-corrected chi connectivity index (χ4v) is 3.08. The molecule has 0 aliphatic carbocycles. The third kappa shape index (κ3) is 5.39. The van der Waals surface area contributed by atoms with Gasteiger partial charge in [-0.15, -0.1) is 0 Å². The minimum atomic E-state index is 0.449. The topological polar surface area (TPSA) is 55.2 Å². The van der Waals surface area contributed by atoms with E-state index in [2.05, 4.69) is 22.2 Å². The van der Waals surface area contributed by atoms with Gasteiger partial charge in [0.05, 0.1) is 12.8 Å². The summed E-state index contributed by atoms with van der Waals surface area (Å²) in [6.45, 7) is 2.94. The van der Waals surface area contributed by atoms with E-state index < -0.39 is 0 Å². The Morgan fingerprint density at radius 1 is 1.04 bits per heavy atom. The largest absolute Gasteiger partial charge is 0.493 e. The Labute approximate surface area is 171 Å². The molecule has 5 nitrogen and oxygen atoms in total.